The summed E-state index contributed by atoms with van der Waals surface area (Å²) in [5.74, 6) is 0. The third-order valence-electron chi connectivity index (χ3n) is 2.52. The van der Waals surface area contributed by atoms with Gasteiger partial charge >= 0.3 is 0 Å². The quantitative estimate of drug-likeness (QED) is 0.849. The van der Waals surface area contributed by atoms with Crippen LogP contribution in [0.25, 0.3) is 11.1 Å². The average molecular weight is 232 g/mol. The lowest BCUT2D eigenvalue weighted by molar-refractivity contribution is 0.818. The van der Waals surface area contributed by atoms with E-state index in [4.69, 9.17) is 11.6 Å². The van der Waals surface area contributed by atoms with E-state index in [0.717, 1.165) is 17.1 Å². The minimum Gasteiger partial charge on any atom is -0.316 e. The molecule has 0 aliphatic rings. The van der Waals surface area contributed by atoms with Gasteiger partial charge in [0.1, 0.15) is 0 Å². The molecule has 2 aromatic carbocycles. The van der Waals surface area contributed by atoms with Crippen LogP contribution in [0.3, 0.4) is 0 Å². The molecule has 0 amide bonds. The van der Waals surface area contributed by atoms with Gasteiger partial charge in [0.05, 0.1) is 0 Å². The third kappa shape index (κ3) is 2.43. The van der Waals surface area contributed by atoms with Crippen molar-refractivity contribution in [3.8, 4) is 11.1 Å². The van der Waals surface area contributed by atoms with Crippen molar-refractivity contribution in [1.82, 2.24) is 5.32 Å². The van der Waals surface area contributed by atoms with Gasteiger partial charge in [-0.2, -0.15) is 0 Å². The summed E-state index contributed by atoms with van der Waals surface area (Å²) in [6.07, 6.45) is 0. The summed E-state index contributed by atoms with van der Waals surface area (Å²) in [6.45, 7) is 0.791. The van der Waals surface area contributed by atoms with Crippen molar-refractivity contribution in [3.63, 3.8) is 0 Å². The lowest BCUT2D eigenvalue weighted by Crippen LogP contribution is -2.05. The van der Waals surface area contributed by atoms with Gasteiger partial charge in [0, 0.05) is 11.6 Å². The van der Waals surface area contributed by atoms with Gasteiger partial charge in [0.15, 0.2) is 0 Å². The molecule has 0 saturated carbocycles. The molecule has 0 saturated heterocycles. The predicted molar refractivity (Wildman–Crippen MR) is 69.7 cm³/mol. The van der Waals surface area contributed by atoms with Crippen LogP contribution in [0.15, 0.2) is 48.5 Å². The summed E-state index contributed by atoms with van der Waals surface area (Å²) in [4.78, 5) is 0. The first kappa shape index (κ1) is 11.2. The molecule has 0 heterocycles. The van der Waals surface area contributed by atoms with Crippen LogP contribution in [-0.4, -0.2) is 7.05 Å². The van der Waals surface area contributed by atoms with Crippen molar-refractivity contribution < 1.29 is 0 Å². The fourth-order valence-corrected chi connectivity index (χ4v) is 1.90. The number of benzene rings is 2. The number of halogens is 1. The van der Waals surface area contributed by atoms with Crippen LogP contribution in [0.1, 0.15) is 5.56 Å². The Kier molecular flexibility index (Phi) is 3.60. The molecular formula is C14H14ClN. The molecule has 0 aliphatic heterocycles. The summed E-state index contributed by atoms with van der Waals surface area (Å²) < 4.78 is 0. The second-order valence-corrected chi connectivity index (χ2v) is 4.11. The highest BCUT2D eigenvalue weighted by molar-refractivity contribution is 6.31. The molecule has 2 aromatic rings. The Bertz CT molecular complexity index is 465. The van der Waals surface area contributed by atoms with Gasteiger partial charge in [0.25, 0.3) is 0 Å². The van der Waals surface area contributed by atoms with Gasteiger partial charge in [-0.1, -0.05) is 48.0 Å². The largest absolute Gasteiger partial charge is 0.316 e. The zero-order valence-electron chi connectivity index (χ0n) is 9.20. The zero-order valence-corrected chi connectivity index (χ0v) is 9.96. The Balaban J connectivity index is 2.40. The molecule has 0 aliphatic carbocycles. The summed E-state index contributed by atoms with van der Waals surface area (Å²) >= 11 is 6.12. The van der Waals surface area contributed by atoms with Crippen LogP contribution < -0.4 is 5.32 Å². The number of hydrogen-bond donors (Lipinski definition) is 1. The molecule has 1 N–H and O–H groups in total. The van der Waals surface area contributed by atoms with Gasteiger partial charge in [-0.15, -0.1) is 0 Å². The second kappa shape index (κ2) is 5.15. The normalized spacial score (nSPS) is 10.4. The molecule has 0 aromatic heterocycles. The van der Waals surface area contributed by atoms with E-state index in [2.05, 4.69) is 29.6 Å². The van der Waals surface area contributed by atoms with E-state index in [1.165, 1.54) is 11.1 Å². The van der Waals surface area contributed by atoms with E-state index in [1.54, 1.807) is 0 Å². The minimum absolute atomic E-state index is 0.791. The predicted octanol–water partition coefficient (Wildman–Crippen LogP) is 3.73. The SMILES string of the molecule is CNCc1cc(-c2ccccc2)ccc1Cl. The van der Waals surface area contributed by atoms with Gasteiger partial charge in [-0.3, -0.25) is 0 Å². The van der Waals surface area contributed by atoms with Crippen LogP contribution in [-0.2, 0) is 6.54 Å². The molecule has 2 heteroatoms. The number of rotatable bonds is 3. The van der Waals surface area contributed by atoms with E-state index in [-0.39, 0.29) is 0 Å². The highest BCUT2D eigenvalue weighted by Crippen LogP contribution is 2.24. The van der Waals surface area contributed by atoms with Gasteiger partial charge < -0.3 is 5.32 Å². The molecule has 82 valence electrons. The fraction of sp³-hybridized carbons (Fsp3) is 0.143. The highest BCUT2D eigenvalue weighted by Gasteiger charge is 2.02. The van der Waals surface area contributed by atoms with Crippen molar-refractivity contribution in [2.24, 2.45) is 0 Å². The maximum absolute atomic E-state index is 6.12. The van der Waals surface area contributed by atoms with E-state index in [1.807, 2.05) is 31.3 Å². The third-order valence-corrected chi connectivity index (χ3v) is 2.89. The van der Waals surface area contributed by atoms with Crippen molar-refractivity contribution in [1.29, 1.82) is 0 Å². The molecule has 16 heavy (non-hydrogen) atoms. The maximum Gasteiger partial charge on any atom is 0.0451 e. The molecule has 2 rings (SSSR count). The Morgan fingerprint density at radius 3 is 2.44 bits per heavy atom. The first-order chi connectivity index (χ1) is 7.81. The summed E-state index contributed by atoms with van der Waals surface area (Å²) in [5, 5.41) is 3.93. The van der Waals surface area contributed by atoms with Crippen molar-refractivity contribution >= 4 is 11.6 Å². The molecule has 0 unspecified atom stereocenters. The minimum atomic E-state index is 0.791. The van der Waals surface area contributed by atoms with Crippen LogP contribution in [0.2, 0.25) is 5.02 Å². The Hall–Kier alpha value is -1.31. The average Bonchev–Trinajstić information content (AvgIpc) is 2.33. The summed E-state index contributed by atoms with van der Waals surface area (Å²) in [7, 11) is 1.92. The van der Waals surface area contributed by atoms with Crippen LogP contribution in [0.4, 0.5) is 0 Å². The van der Waals surface area contributed by atoms with E-state index in [0.29, 0.717) is 0 Å². The molecule has 0 spiro atoms. The lowest BCUT2D eigenvalue weighted by atomic mass is 10.0. The Morgan fingerprint density at radius 1 is 1.00 bits per heavy atom. The second-order valence-electron chi connectivity index (χ2n) is 3.70. The van der Waals surface area contributed by atoms with Gasteiger partial charge in [0.2, 0.25) is 0 Å². The van der Waals surface area contributed by atoms with Crippen molar-refractivity contribution in [3.05, 3.63) is 59.1 Å². The smallest absolute Gasteiger partial charge is 0.0451 e. The van der Waals surface area contributed by atoms with E-state index in [9.17, 15) is 0 Å². The molecule has 0 atom stereocenters. The lowest BCUT2D eigenvalue weighted by Gasteiger charge is -2.07. The van der Waals surface area contributed by atoms with Crippen LogP contribution in [0.5, 0.6) is 0 Å². The molecule has 0 radical (unpaired) electrons. The number of nitrogens with one attached hydrogen (secondary N) is 1. The highest BCUT2D eigenvalue weighted by atomic mass is 35.5. The zero-order chi connectivity index (χ0) is 11.4. The molecule has 0 bridgehead atoms. The Morgan fingerprint density at radius 2 is 1.75 bits per heavy atom. The molecule has 1 nitrogen and oxygen atoms in total. The first-order valence-electron chi connectivity index (χ1n) is 5.29. The van der Waals surface area contributed by atoms with Crippen LogP contribution >= 0.6 is 11.6 Å². The summed E-state index contributed by atoms with van der Waals surface area (Å²) in [6, 6.07) is 16.5. The van der Waals surface area contributed by atoms with E-state index >= 15 is 0 Å². The first-order valence-corrected chi connectivity index (χ1v) is 5.67. The standard InChI is InChI=1S/C14H14ClN/c1-16-10-13-9-12(7-8-14(13)15)11-5-3-2-4-6-11/h2-9,16H,10H2,1H3. The van der Waals surface area contributed by atoms with Crippen molar-refractivity contribution in [2.75, 3.05) is 7.05 Å². The topological polar surface area (TPSA) is 12.0 Å². The monoisotopic (exact) mass is 231 g/mol. The molecule has 0 fully saturated rings. The van der Waals surface area contributed by atoms with Crippen LogP contribution in [0, 0.1) is 0 Å². The van der Waals surface area contributed by atoms with Crippen molar-refractivity contribution in [2.45, 2.75) is 6.54 Å². The molecular weight excluding hydrogens is 218 g/mol. The summed E-state index contributed by atoms with van der Waals surface area (Å²) in [5.41, 5.74) is 3.55. The van der Waals surface area contributed by atoms with Gasteiger partial charge in [-0.25, -0.2) is 0 Å². The fourth-order valence-electron chi connectivity index (χ4n) is 1.71. The van der Waals surface area contributed by atoms with Gasteiger partial charge in [-0.05, 0) is 35.9 Å². The Labute approximate surface area is 101 Å². The van der Waals surface area contributed by atoms with E-state index < -0.39 is 0 Å². The maximum atomic E-state index is 6.12. The number of hydrogen-bond acceptors (Lipinski definition) is 1.